The summed E-state index contributed by atoms with van der Waals surface area (Å²) in [5, 5.41) is 0. The third-order valence-corrected chi connectivity index (χ3v) is 2.47. The topological polar surface area (TPSA) is 36.9 Å². The number of ether oxygens (including phenoxy) is 4. The van der Waals surface area contributed by atoms with E-state index in [0.717, 1.165) is 5.57 Å². The lowest BCUT2D eigenvalue weighted by Crippen LogP contribution is -2.46. The zero-order valence-electron chi connectivity index (χ0n) is 9.43. The predicted octanol–water partition coefficient (Wildman–Crippen LogP) is 1.13. The second-order valence-corrected chi connectivity index (χ2v) is 3.31. The van der Waals surface area contributed by atoms with Crippen LogP contribution in [0.3, 0.4) is 0 Å². The Hall–Kier alpha value is -0.840. The van der Waals surface area contributed by atoms with Crippen molar-refractivity contribution in [3.63, 3.8) is 0 Å². The van der Waals surface area contributed by atoms with Gasteiger partial charge >= 0.3 is 0 Å². The second-order valence-electron chi connectivity index (χ2n) is 3.31. The van der Waals surface area contributed by atoms with Gasteiger partial charge in [-0.2, -0.15) is 0 Å². The fourth-order valence-electron chi connectivity index (χ4n) is 1.70. The Balaban J connectivity index is 2.82. The molecule has 0 aliphatic carbocycles. The van der Waals surface area contributed by atoms with Crippen LogP contribution in [0, 0.1) is 0 Å². The quantitative estimate of drug-likeness (QED) is 0.687. The Bertz CT molecular complexity index is 237. The normalized spacial score (nSPS) is 30.6. The number of methoxy groups -OCH3 is 3. The van der Waals surface area contributed by atoms with Gasteiger partial charge in [-0.25, -0.2) is 0 Å². The van der Waals surface area contributed by atoms with E-state index in [1.54, 1.807) is 33.7 Å². The molecule has 0 unspecified atom stereocenters. The van der Waals surface area contributed by atoms with Crippen LogP contribution >= 0.6 is 0 Å². The first-order chi connectivity index (χ1) is 7.28. The molecule has 0 radical (unpaired) electrons. The Morgan fingerprint density at radius 3 is 2.60 bits per heavy atom. The van der Waals surface area contributed by atoms with Crippen molar-refractivity contribution in [2.75, 3.05) is 27.9 Å². The lowest BCUT2D eigenvalue weighted by Gasteiger charge is -2.35. The standard InChI is InChI=1S/C11H18O4/c1-5-8-6-15-9(7-12-2)11(14-4)10(8)13-3/h5-6,9-11H,1,7H2,2-4H3/t9-,10-,11+/m1/s1. The van der Waals surface area contributed by atoms with Crippen molar-refractivity contribution in [3.05, 3.63) is 24.5 Å². The maximum Gasteiger partial charge on any atom is 0.150 e. The molecule has 0 bridgehead atoms. The monoisotopic (exact) mass is 214 g/mol. The summed E-state index contributed by atoms with van der Waals surface area (Å²) in [6, 6.07) is 0. The van der Waals surface area contributed by atoms with Crippen LogP contribution in [0.25, 0.3) is 0 Å². The summed E-state index contributed by atoms with van der Waals surface area (Å²) in [4.78, 5) is 0. The Morgan fingerprint density at radius 2 is 2.13 bits per heavy atom. The highest BCUT2D eigenvalue weighted by atomic mass is 16.6. The minimum atomic E-state index is -0.173. The van der Waals surface area contributed by atoms with Gasteiger partial charge in [0.15, 0.2) is 0 Å². The van der Waals surface area contributed by atoms with Gasteiger partial charge < -0.3 is 18.9 Å². The maximum absolute atomic E-state index is 5.49. The van der Waals surface area contributed by atoms with Crippen molar-refractivity contribution < 1.29 is 18.9 Å². The van der Waals surface area contributed by atoms with Gasteiger partial charge in [0, 0.05) is 26.9 Å². The van der Waals surface area contributed by atoms with Crippen molar-refractivity contribution in [2.24, 2.45) is 0 Å². The highest BCUT2D eigenvalue weighted by molar-refractivity contribution is 5.23. The molecule has 0 aromatic rings. The number of hydrogen-bond donors (Lipinski definition) is 0. The Morgan fingerprint density at radius 1 is 1.40 bits per heavy atom. The van der Waals surface area contributed by atoms with Gasteiger partial charge in [-0.05, 0) is 0 Å². The lowest BCUT2D eigenvalue weighted by molar-refractivity contribution is -0.117. The molecule has 1 heterocycles. The molecule has 0 saturated carbocycles. The van der Waals surface area contributed by atoms with E-state index in [2.05, 4.69) is 6.58 Å². The summed E-state index contributed by atoms with van der Waals surface area (Å²) in [5.74, 6) is 0. The van der Waals surface area contributed by atoms with Crippen LogP contribution in [0.5, 0.6) is 0 Å². The zero-order valence-corrected chi connectivity index (χ0v) is 9.43. The van der Waals surface area contributed by atoms with Gasteiger partial charge in [-0.1, -0.05) is 12.7 Å². The summed E-state index contributed by atoms with van der Waals surface area (Å²) < 4.78 is 21.3. The first-order valence-corrected chi connectivity index (χ1v) is 4.81. The van der Waals surface area contributed by atoms with Gasteiger partial charge in [0.2, 0.25) is 0 Å². The SMILES string of the molecule is C=CC1=CO[C@H](COC)[C@H](OC)[C@@H]1OC. The molecule has 0 aromatic heterocycles. The third kappa shape index (κ3) is 2.59. The molecule has 0 amide bonds. The molecule has 0 spiro atoms. The van der Waals surface area contributed by atoms with Gasteiger partial charge in [0.1, 0.15) is 18.3 Å². The molecule has 0 N–H and O–H groups in total. The van der Waals surface area contributed by atoms with E-state index in [-0.39, 0.29) is 18.3 Å². The average Bonchev–Trinajstić information content (AvgIpc) is 2.28. The first kappa shape index (κ1) is 12.2. The van der Waals surface area contributed by atoms with Crippen LogP contribution in [-0.4, -0.2) is 46.2 Å². The molecule has 3 atom stereocenters. The van der Waals surface area contributed by atoms with Crippen LogP contribution in [0.2, 0.25) is 0 Å². The van der Waals surface area contributed by atoms with E-state index in [4.69, 9.17) is 18.9 Å². The summed E-state index contributed by atoms with van der Waals surface area (Å²) in [6.07, 6.45) is 2.90. The molecule has 0 saturated heterocycles. The summed E-state index contributed by atoms with van der Waals surface area (Å²) >= 11 is 0. The molecule has 1 aliphatic rings. The Kier molecular flexibility index (Phi) is 4.81. The van der Waals surface area contributed by atoms with Gasteiger partial charge in [0.05, 0.1) is 12.9 Å². The van der Waals surface area contributed by atoms with Gasteiger partial charge in [-0.3, -0.25) is 0 Å². The second kappa shape index (κ2) is 5.90. The molecule has 1 rings (SSSR count). The molecule has 4 nitrogen and oxygen atoms in total. The van der Waals surface area contributed by atoms with Crippen LogP contribution in [0.15, 0.2) is 24.5 Å². The number of rotatable bonds is 5. The van der Waals surface area contributed by atoms with E-state index in [1.807, 2.05) is 0 Å². The van der Waals surface area contributed by atoms with Crippen molar-refractivity contribution in [3.8, 4) is 0 Å². The van der Waals surface area contributed by atoms with Crippen LogP contribution in [0.4, 0.5) is 0 Å². The van der Waals surface area contributed by atoms with E-state index in [0.29, 0.717) is 6.61 Å². The zero-order chi connectivity index (χ0) is 11.3. The van der Waals surface area contributed by atoms with Crippen molar-refractivity contribution >= 4 is 0 Å². The highest BCUT2D eigenvalue weighted by Gasteiger charge is 2.36. The molecule has 4 heteroatoms. The molecular weight excluding hydrogens is 196 g/mol. The van der Waals surface area contributed by atoms with Crippen molar-refractivity contribution in [2.45, 2.75) is 18.3 Å². The fourth-order valence-corrected chi connectivity index (χ4v) is 1.70. The summed E-state index contributed by atoms with van der Waals surface area (Å²) in [5.41, 5.74) is 0.886. The first-order valence-electron chi connectivity index (χ1n) is 4.81. The smallest absolute Gasteiger partial charge is 0.150 e. The van der Waals surface area contributed by atoms with Crippen LogP contribution < -0.4 is 0 Å². The molecule has 86 valence electrons. The molecule has 1 aliphatic heterocycles. The Labute approximate surface area is 90.5 Å². The predicted molar refractivity (Wildman–Crippen MR) is 56.6 cm³/mol. The largest absolute Gasteiger partial charge is 0.492 e. The van der Waals surface area contributed by atoms with Gasteiger partial charge in [0.25, 0.3) is 0 Å². The average molecular weight is 214 g/mol. The lowest BCUT2D eigenvalue weighted by atomic mass is 9.99. The van der Waals surface area contributed by atoms with E-state index >= 15 is 0 Å². The molecule has 0 aromatic carbocycles. The van der Waals surface area contributed by atoms with E-state index in [9.17, 15) is 0 Å². The molecule has 0 fully saturated rings. The van der Waals surface area contributed by atoms with Crippen LogP contribution in [0.1, 0.15) is 0 Å². The van der Waals surface area contributed by atoms with Crippen LogP contribution in [-0.2, 0) is 18.9 Å². The van der Waals surface area contributed by atoms with Gasteiger partial charge in [-0.15, -0.1) is 0 Å². The highest BCUT2D eigenvalue weighted by Crippen LogP contribution is 2.24. The number of hydrogen-bond acceptors (Lipinski definition) is 4. The molecule has 15 heavy (non-hydrogen) atoms. The third-order valence-electron chi connectivity index (χ3n) is 2.47. The fraction of sp³-hybridized carbons (Fsp3) is 0.636. The van der Waals surface area contributed by atoms with Crippen molar-refractivity contribution in [1.82, 2.24) is 0 Å². The minimum absolute atomic E-state index is 0.145. The van der Waals surface area contributed by atoms with E-state index in [1.165, 1.54) is 0 Å². The van der Waals surface area contributed by atoms with E-state index < -0.39 is 0 Å². The maximum atomic E-state index is 5.49. The minimum Gasteiger partial charge on any atom is -0.492 e. The summed E-state index contributed by atoms with van der Waals surface area (Å²) in [6.45, 7) is 4.18. The van der Waals surface area contributed by atoms with Crippen molar-refractivity contribution in [1.29, 1.82) is 0 Å². The summed E-state index contributed by atoms with van der Waals surface area (Å²) in [7, 11) is 4.91. The molecular formula is C11H18O4.